The maximum Gasteiger partial charge on any atom is 0.328 e. The maximum absolute atomic E-state index is 13.2. The summed E-state index contributed by atoms with van der Waals surface area (Å²) in [6, 6.07) is 12.9. The van der Waals surface area contributed by atoms with Crippen molar-refractivity contribution in [3.63, 3.8) is 0 Å². The number of rotatable bonds is 6. The number of amides is 1. The maximum atomic E-state index is 13.2. The number of nitrogens with one attached hydrogen (secondary N) is 2. The van der Waals surface area contributed by atoms with E-state index in [2.05, 4.69) is 15.3 Å². The third-order valence-corrected chi connectivity index (χ3v) is 5.33. The van der Waals surface area contributed by atoms with E-state index in [9.17, 15) is 14.4 Å². The molecule has 2 aromatic carbocycles. The lowest BCUT2D eigenvalue weighted by molar-refractivity contribution is -0.144. The Morgan fingerprint density at radius 2 is 1.84 bits per heavy atom. The highest BCUT2D eigenvalue weighted by Gasteiger charge is 2.27. The van der Waals surface area contributed by atoms with Gasteiger partial charge >= 0.3 is 5.97 Å². The molecule has 4 rings (SSSR count). The first-order chi connectivity index (χ1) is 15.0. The molecule has 0 aliphatic carbocycles. The van der Waals surface area contributed by atoms with Crippen molar-refractivity contribution in [1.82, 2.24) is 19.9 Å². The zero-order valence-electron chi connectivity index (χ0n) is 17.2. The van der Waals surface area contributed by atoms with E-state index in [1.807, 2.05) is 30.5 Å². The second-order valence-corrected chi connectivity index (χ2v) is 7.31. The van der Waals surface area contributed by atoms with E-state index in [4.69, 9.17) is 4.74 Å². The van der Waals surface area contributed by atoms with E-state index in [0.717, 1.165) is 16.5 Å². The van der Waals surface area contributed by atoms with Gasteiger partial charge in [0.05, 0.1) is 24.3 Å². The zero-order chi connectivity index (χ0) is 22.0. The molecule has 0 unspecified atom stereocenters. The van der Waals surface area contributed by atoms with Crippen LogP contribution in [0.4, 0.5) is 0 Å². The van der Waals surface area contributed by atoms with Gasteiger partial charge in [0.25, 0.3) is 5.56 Å². The molecule has 0 fully saturated rings. The second kappa shape index (κ2) is 8.43. The van der Waals surface area contributed by atoms with Crippen molar-refractivity contribution in [2.45, 2.75) is 25.4 Å². The number of benzene rings is 2. The summed E-state index contributed by atoms with van der Waals surface area (Å²) in [6.45, 7) is 1.54. The topological polar surface area (TPSA) is 106 Å². The normalized spacial score (nSPS) is 13.1. The van der Waals surface area contributed by atoms with Crippen molar-refractivity contribution in [2.24, 2.45) is 0 Å². The number of aromatic nitrogens is 3. The van der Waals surface area contributed by atoms with Crippen molar-refractivity contribution in [2.75, 3.05) is 7.11 Å². The van der Waals surface area contributed by atoms with E-state index in [-0.39, 0.29) is 12.0 Å². The van der Waals surface area contributed by atoms with Crippen LogP contribution in [0.1, 0.15) is 18.5 Å². The molecule has 2 heterocycles. The molecule has 8 nitrogen and oxygen atoms in total. The van der Waals surface area contributed by atoms with Gasteiger partial charge in [-0.15, -0.1) is 0 Å². The summed E-state index contributed by atoms with van der Waals surface area (Å²) in [5.74, 6) is -1.04. The van der Waals surface area contributed by atoms with Gasteiger partial charge in [-0.3, -0.25) is 14.2 Å². The Morgan fingerprint density at radius 3 is 2.61 bits per heavy atom. The number of ether oxygens (including phenoxy) is 1. The van der Waals surface area contributed by atoms with Crippen molar-refractivity contribution >= 4 is 33.7 Å². The average molecular weight is 418 g/mol. The number of methoxy groups -OCH3 is 1. The van der Waals surface area contributed by atoms with Gasteiger partial charge in [-0.1, -0.05) is 30.3 Å². The number of hydrogen-bond donors (Lipinski definition) is 2. The highest BCUT2D eigenvalue weighted by molar-refractivity contribution is 5.88. The van der Waals surface area contributed by atoms with Crippen molar-refractivity contribution < 1.29 is 14.3 Å². The number of para-hydroxylation sites is 2. The molecule has 0 saturated carbocycles. The minimum atomic E-state index is -0.907. The molecule has 0 aliphatic rings. The standard InChI is InChI=1S/C23H22N4O4/c1-14(23(30)31-2)26-21(28)20(11-15-12-24-18-9-5-3-7-16(15)18)27-13-25-19-10-6-4-8-17(19)22(27)29/h3-10,12-14,20,24H,11H2,1-2H3,(H,26,28)/t14-,20+/m0/s1. The second-order valence-electron chi connectivity index (χ2n) is 7.31. The fourth-order valence-electron chi connectivity index (χ4n) is 3.68. The van der Waals surface area contributed by atoms with Crippen LogP contribution in [0, 0.1) is 0 Å². The third-order valence-electron chi connectivity index (χ3n) is 5.33. The molecule has 0 saturated heterocycles. The zero-order valence-corrected chi connectivity index (χ0v) is 17.2. The molecular formula is C23H22N4O4. The third kappa shape index (κ3) is 3.92. The lowest BCUT2D eigenvalue weighted by atomic mass is 10.0. The van der Waals surface area contributed by atoms with Crippen molar-refractivity contribution in [3.05, 3.63) is 77.0 Å². The van der Waals surface area contributed by atoms with Crippen LogP contribution in [0.25, 0.3) is 21.8 Å². The largest absolute Gasteiger partial charge is 0.467 e. The number of carbonyl (C=O) groups is 2. The minimum absolute atomic E-state index is 0.240. The van der Waals surface area contributed by atoms with E-state index >= 15 is 0 Å². The Kier molecular flexibility index (Phi) is 5.53. The van der Waals surface area contributed by atoms with E-state index in [0.29, 0.717) is 10.9 Å². The molecule has 0 spiro atoms. The Hall–Kier alpha value is -3.94. The Morgan fingerprint density at radius 1 is 1.13 bits per heavy atom. The predicted octanol–water partition coefficient (Wildman–Crippen LogP) is 2.34. The molecule has 0 aliphatic heterocycles. The van der Waals surface area contributed by atoms with Gasteiger partial charge in [-0.25, -0.2) is 9.78 Å². The lowest BCUT2D eigenvalue weighted by Gasteiger charge is -2.21. The van der Waals surface area contributed by atoms with Crippen LogP contribution in [-0.2, 0) is 20.7 Å². The van der Waals surface area contributed by atoms with E-state index < -0.39 is 24.0 Å². The Bertz CT molecular complexity index is 1320. The highest BCUT2D eigenvalue weighted by atomic mass is 16.5. The summed E-state index contributed by atoms with van der Waals surface area (Å²) in [4.78, 5) is 45.7. The van der Waals surface area contributed by atoms with E-state index in [1.165, 1.54) is 24.9 Å². The highest BCUT2D eigenvalue weighted by Crippen LogP contribution is 2.23. The summed E-state index contributed by atoms with van der Waals surface area (Å²) < 4.78 is 6.03. The smallest absolute Gasteiger partial charge is 0.328 e. The average Bonchev–Trinajstić information content (AvgIpc) is 3.20. The van der Waals surface area contributed by atoms with Crippen molar-refractivity contribution in [1.29, 1.82) is 0 Å². The number of aromatic amines is 1. The molecule has 0 radical (unpaired) electrons. The number of nitrogens with zero attached hydrogens (tertiary/aromatic N) is 2. The number of hydrogen-bond acceptors (Lipinski definition) is 5. The molecule has 2 atom stereocenters. The molecule has 2 aromatic heterocycles. The molecule has 8 heteroatoms. The molecule has 158 valence electrons. The summed E-state index contributed by atoms with van der Waals surface area (Å²) in [5, 5.41) is 4.03. The predicted molar refractivity (Wildman–Crippen MR) is 117 cm³/mol. The molecule has 31 heavy (non-hydrogen) atoms. The van der Waals surface area contributed by atoms with E-state index in [1.54, 1.807) is 24.3 Å². The van der Waals surface area contributed by atoms with Crippen LogP contribution in [-0.4, -0.2) is 39.6 Å². The first-order valence-corrected chi connectivity index (χ1v) is 9.88. The van der Waals surface area contributed by atoms with Gasteiger partial charge in [-0.05, 0) is 30.7 Å². The van der Waals surface area contributed by atoms with Gasteiger partial charge in [0.15, 0.2) is 0 Å². The number of H-pyrrole nitrogens is 1. The van der Waals surface area contributed by atoms with Gasteiger partial charge in [0.2, 0.25) is 5.91 Å². The minimum Gasteiger partial charge on any atom is -0.467 e. The summed E-state index contributed by atoms with van der Waals surface area (Å²) in [7, 11) is 1.26. The molecular weight excluding hydrogens is 396 g/mol. The van der Waals surface area contributed by atoms with Crippen LogP contribution >= 0.6 is 0 Å². The summed E-state index contributed by atoms with van der Waals surface area (Å²) in [6.07, 6.45) is 3.45. The Balaban J connectivity index is 1.77. The van der Waals surface area contributed by atoms with Crippen molar-refractivity contribution in [3.8, 4) is 0 Å². The number of fused-ring (bicyclic) bond motifs is 2. The summed E-state index contributed by atoms with van der Waals surface area (Å²) >= 11 is 0. The van der Waals surface area contributed by atoms with Gasteiger partial charge in [0.1, 0.15) is 12.1 Å². The lowest BCUT2D eigenvalue weighted by Crippen LogP contribution is -2.45. The van der Waals surface area contributed by atoms with Gasteiger partial charge in [-0.2, -0.15) is 0 Å². The molecule has 1 amide bonds. The van der Waals surface area contributed by atoms with Crippen LogP contribution in [0.5, 0.6) is 0 Å². The van der Waals surface area contributed by atoms with Gasteiger partial charge < -0.3 is 15.0 Å². The quantitative estimate of drug-likeness (QED) is 0.468. The van der Waals surface area contributed by atoms with Crippen LogP contribution in [0.15, 0.2) is 65.8 Å². The first-order valence-electron chi connectivity index (χ1n) is 9.88. The fraction of sp³-hybridized carbons (Fsp3) is 0.217. The Labute approximate surface area is 177 Å². The number of esters is 1. The molecule has 4 aromatic rings. The van der Waals surface area contributed by atoms with Crippen LogP contribution < -0.4 is 10.9 Å². The fourth-order valence-corrected chi connectivity index (χ4v) is 3.68. The first kappa shape index (κ1) is 20.3. The number of carbonyl (C=O) groups excluding carboxylic acids is 2. The SMILES string of the molecule is COC(=O)[C@H](C)NC(=O)[C@@H](Cc1c[nH]c2ccccc12)n1cnc2ccccc2c1=O. The van der Waals surface area contributed by atoms with Crippen LogP contribution in [0.3, 0.4) is 0 Å². The summed E-state index contributed by atoms with van der Waals surface area (Å²) in [5.41, 5.74) is 2.04. The monoisotopic (exact) mass is 418 g/mol. The van der Waals surface area contributed by atoms with Gasteiger partial charge in [0, 0.05) is 23.5 Å². The molecule has 0 bridgehead atoms. The van der Waals surface area contributed by atoms with Crippen LogP contribution in [0.2, 0.25) is 0 Å². The molecule has 2 N–H and O–H groups in total.